The Bertz CT molecular complexity index is 747. The van der Waals surface area contributed by atoms with Crippen LogP contribution in [0.5, 0.6) is 0 Å². The van der Waals surface area contributed by atoms with Crippen molar-refractivity contribution in [3.63, 3.8) is 0 Å². The maximum absolute atomic E-state index is 10.4. The molecule has 3 N–H and O–H groups in total. The van der Waals surface area contributed by atoms with E-state index in [9.17, 15) is 5.11 Å². The van der Waals surface area contributed by atoms with Crippen LogP contribution in [0.1, 0.15) is 16.7 Å². The monoisotopic (exact) mass is 329 g/mol. The van der Waals surface area contributed by atoms with Crippen LogP contribution in [-0.2, 0) is 6.54 Å². The Morgan fingerprint density at radius 1 is 1.26 bits per heavy atom. The van der Waals surface area contributed by atoms with E-state index in [0.717, 1.165) is 16.0 Å². The SMILES string of the molecule is CN=C(NCc1ccco1)NCC(O)c1cc2ccccc2s1. The number of hydrogen-bond donors (Lipinski definition) is 3. The van der Waals surface area contributed by atoms with Crippen molar-refractivity contribution in [2.24, 2.45) is 4.99 Å². The van der Waals surface area contributed by atoms with Gasteiger partial charge in [0.25, 0.3) is 0 Å². The van der Waals surface area contributed by atoms with Crippen LogP contribution in [0.15, 0.2) is 58.1 Å². The summed E-state index contributed by atoms with van der Waals surface area (Å²) < 4.78 is 6.45. The summed E-state index contributed by atoms with van der Waals surface area (Å²) in [5.41, 5.74) is 0. The van der Waals surface area contributed by atoms with E-state index in [1.54, 1.807) is 24.6 Å². The standard InChI is InChI=1S/C17H19N3O2S/c1-18-17(19-10-13-6-4-8-22-13)20-11-14(21)16-9-12-5-2-3-7-15(12)23-16/h2-9,14,21H,10-11H2,1H3,(H2,18,19,20). The molecule has 23 heavy (non-hydrogen) atoms. The van der Waals surface area contributed by atoms with E-state index in [4.69, 9.17) is 4.42 Å². The summed E-state index contributed by atoms with van der Waals surface area (Å²) in [5.74, 6) is 1.46. The minimum atomic E-state index is -0.574. The van der Waals surface area contributed by atoms with E-state index >= 15 is 0 Å². The molecular weight excluding hydrogens is 310 g/mol. The number of guanidine groups is 1. The zero-order valence-corrected chi connectivity index (χ0v) is 13.6. The summed E-state index contributed by atoms with van der Waals surface area (Å²) in [6.45, 7) is 0.941. The van der Waals surface area contributed by atoms with Crippen molar-refractivity contribution in [1.29, 1.82) is 0 Å². The summed E-state index contributed by atoms with van der Waals surface area (Å²) in [4.78, 5) is 5.09. The predicted molar refractivity (Wildman–Crippen MR) is 93.7 cm³/mol. The summed E-state index contributed by atoms with van der Waals surface area (Å²) >= 11 is 1.61. The molecule has 0 radical (unpaired) electrons. The molecule has 0 aliphatic rings. The van der Waals surface area contributed by atoms with Gasteiger partial charge >= 0.3 is 0 Å². The topological polar surface area (TPSA) is 69.8 Å². The van der Waals surface area contributed by atoms with Gasteiger partial charge in [0.05, 0.1) is 12.8 Å². The van der Waals surface area contributed by atoms with Gasteiger partial charge in [0.2, 0.25) is 0 Å². The molecule has 1 aromatic carbocycles. The predicted octanol–water partition coefficient (Wildman–Crippen LogP) is 2.89. The van der Waals surface area contributed by atoms with E-state index in [1.165, 1.54) is 4.70 Å². The van der Waals surface area contributed by atoms with Crippen molar-refractivity contribution < 1.29 is 9.52 Å². The number of aliphatic imine (C=N–C) groups is 1. The molecule has 3 rings (SSSR count). The maximum Gasteiger partial charge on any atom is 0.191 e. The molecule has 0 aliphatic carbocycles. The Labute approximate surface area is 138 Å². The molecule has 1 unspecified atom stereocenters. The fraction of sp³-hybridized carbons (Fsp3) is 0.235. The average molecular weight is 329 g/mol. The molecule has 0 fully saturated rings. The third-order valence-electron chi connectivity index (χ3n) is 3.47. The van der Waals surface area contributed by atoms with Gasteiger partial charge in [0.15, 0.2) is 5.96 Å². The number of nitrogens with one attached hydrogen (secondary N) is 2. The molecule has 0 aliphatic heterocycles. The van der Waals surface area contributed by atoms with Crippen LogP contribution in [0.3, 0.4) is 0 Å². The first kappa shape index (κ1) is 15.6. The normalized spacial score (nSPS) is 13.2. The largest absolute Gasteiger partial charge is 0.467 e. The zero-order valence-electron chi connectivity index (χ0n) is 12.8. The molecule has 0 amide bonds. The summed E-state index contributed by atoms with van der Waals surface area (Å²) in [5, 5.41) is 17.8. The van der Waals surface area contributed by atoms with Gasteiger partial charge in [-0.15, -0.1) is 11.3 Å². The van der Waals surface area contributed by atoms with E-state index in [2.05, 4.69) is 27.8 Å². The summed E-state index contributed by atoms with van der Waals surface area (Å²) in [7, 11) is 1.70. The average Bonchev–Trinajstić information content (AvgIpc) is 3.23. The molecular formula is C17H19N3O2S. The second kappa shape index (κ2) is 7.30. The van der Waals surface area contributed by atoms with Gasteiger partial charge < -0.3 is 20.2 Å². The number of rotatable bonds is 5. The highest BCUT2D eigenvalue weighted by molar-refractivity contribution is 7.19. The lowest BCUT2D eigenvalue weighted by Crippen LogP contribution is -2.38. The van der Waals surface area contributed by atoms with Crippen molar-refractivity contribution in [3.8, 4) is 0 Å². The van der Waals surface area contributed by atoms with Crippen molar-refractivity contribution in [2.75, 3.05) is 13.6 Å². The lowest BCUT2D eigenvalue weighted by Gasteiger charge is -2.14. The number of benzene rings is 1. The number of nitrogens with zero attached hydrogens (tertiary/aromatic N) is 1. The van der Waals surface area contributed by atoms with Gasteiger partial charge in [-0.25, -0.2) is 0 Å². The Balaban J connectivity index is 1.55. The van der Waals surface area contributed by atoms with E-state index in [1.807, 2.05) is 30.3 Å². The second-order valence-corrected chi connectivity index (χ2v) is 6.20. The van der Waals surface area contributed by atoms with Crippen LogP contribution < -0.4 is 10.6 Å². The maximum atomic E-state index is 10.4. The molecule has 5 nitrogen and oxygen atoms in total. The molecule has 2 heterocycles. The summed E-state index contributed by atoms with van der Waals surface area (Å²) in [6.07, 6.45) is 1.06. The molecule has 0 saturated carbocycles. The minimum absolute atomic E-state index is 0.394. The minimum Gasteiger partial charge on any atom is -0.467 e. The van der Waals surface area contributed by atoms with E-state index < -0.39 is 6.10 Å². The van der Waals surface area contributed by atoms with Crippen molar-refractivity contribution in [3.05, 3.63) is 59.4 Å². The number of furan rings is 1. The van der Waals surface area contributed by atoms with E-state index in [-0.39, 0.29) is 0 Å². The smallest absolute Gasteiger partial charge is 0.191 e. The first-order chi connectivity index (χ1) is 11.3. The number of fused-ring (bicyclic) bond motifs is 1. The molecule has 2 aromatic heterocycles. The molecule has 0 saturated heterocycles. The van der Waals surface area contributed by atoms with Crippen molar-refractivity contribution >= 4 is 27.4 Å². The highest BCUT2D eigenvalue weighted by Gasteiger charge is 2.12. The van der Waals surface area contributed by atoms with Gasteiger partial charge in [0.1, 0.15) is 11.9 Å². The number of thiophene rings is 1. The molecule has 6 heteroatoms. The lowest BCUT2D eigenvalue weighted by atomic mass is 10.2. The van der Waals surface area contributed by atoms with Gasteiger partial charge in [-0.05, 0) is 29.7 Å². The quantitative estimate of drug-likeness (QED) is 0.497. The first-order valence-electron chi connectivity index (χ1n) is 7.39. The van der Waals surface area contributed by atoms with Crippen LogP contribution in [-0.4, -0.2) is 24.7 Å². The fourth-order valence-corrected chi connectivity index (χ4v) is 3.32. The number of aliphatic hydroxyl groups is 1. The van der Waals surface area contributed by atoms with Crippen LogP contribution in [0, 0.1) is 0 Å². The number of aliphatic hydroxyl groups excluding tert-OH is 1. The van der Waals surface area contributed by atoms with Crippen LogP contribution in [0.4, 0.5) is 0 Å². The Kier molecular flexibility index (Phi) is 4.95. The lowest BCUT2D eigenvalue weighted by molar-refractivity contribution is 0.184. The molecule has 0 spiro atoms. The third-order valence-corrected chi connectivity index (χ3v) is 4.69. The van der Waals surface area contributed by atoms with Gasteiger partial charge in [0, 0.05) is 23.2 Å². The van der Waals surface area contributed by atoms with Crippen LogP contribution in [0.2, 0.25) is 0 Å². The molecule has 3 aromatic rings. The Morgan fingerprint density at radius 3 is 2.87 bits per heavy atom. The first-order valence-corrected chi connectivity index (χ1v) is 8.21. The highest BCUT2D eigenvalue weighted by Crippen LogP contribution is 2.29. The third kappa shape index (κ3) is 3.91. The molecule has 120 valence electrons. The molecule has 0 bridgehead atoms. The van der Waals surface area contributed by atoms with Crippen LogP contribution >= 0.6 is 11.3 Å². The Hall–Kier alpha value is -2.31. The van der Waals surface area contributed by atoms with Gasteiger partial charge in [-0.1, -0.05) is 18.2 Å². The zero-order chi connectivity index (χ0) is 16.1. The highest BCUT2D eigenvalue weighted by atomic mass is 32.1. The number of hydrogen-bond acceptors (Lipinski definition) is 4. The summed E-state index contributed by atoms with van der Waals surface area (Å²) in [6, 6.07) is 13.9. The van der Waals surface area contributed by atoms with Crippen molar-refractivity contribution in [2.45, 2.75) is 12.6 Å². The fourth-order valence-electron chi connectivity index (χ4n) is 2.27. The van der Waals surface area contributed by atoms with Crippen LogP contribution in [0.25, 0.3) is 10.1 Å². The second-order valence-electron chi connectivity index (χ2n) is 5.09. The van der Waals surface area contributed by atoms with E-state index in [0.29, 0.717) is 19.0 Å². The molecule has 1 atom stereocenters. The van der Waals surface area contributed by atoms with Crippen molar-refractivity contribution in [1.82, 2.24) is 10.6 Å². The van der Waals surface area contributed by atoms with Gasteiger partial charge in [-0.3, -0.25) is 4.99 Å². The Morgan fingerprint density at radius 2 is 2.13 bits per heavy atom. The van der Waals surface area contributed by atoms with Gasteiger partial charge in [-0.2, -0.15) is 0 Å².